The molecule has 17 heavy (non-hydrogen) atoms. The molecule has 1 aromatic carbocycles. The van der Waals surface area contributed by atoms with Gasteiger partial charge in [-0.05, 0) is 18.2 Å². The Morgan fingerprint density at radius 1 is 1.35 bits per heavy atom. The van der Waals surface area contributed by atoms with Gasteiger partial charge in [0.2, 0.25) is 10.0 Å². The van der Waals surface area contributed by atoms with Crippen molar-refractivity contribution in [3.8, 4) is 5.75 Å². The maximum absolute atomic E-state index is 11.9. The molecular weight excluding hydrogens is 246 g/mol. The van der Waals surface area contributed by atoms with Crippen LogP contribution in [0.4, 0.5) is 0 Å². The number of hydrogen-bond donors (Lipinski definition) is 1. The summed E-state index contributed by atoms with van der Waals surface area (Å²) in [6.45, 7) is 0. The Morgan fingerprint density at radius 2 is 1.94 bits per heavy atom. The summed E-state index contributed by atoms with van der Waals surface area (Å²) < 4.78 is 29.7. The number of rotatable bonds is 4. The van der Waals surface area contributed by atoms with Gasteiger partial charge in [-0.15, -0.1) is 0 Å². The van der Waals surface area contributed by atoms with Crippen LogP contribution in [0.2, 0.25) is 0 Å². The van der Waals surface area contributed by atoms with Crippen LogP contribution in [-0.4, -0.2) is 45.0 Å². The quantitative estimate of drug-likeness (QED) is 0.858. The molecule has 0 heterocycles. The Morgan fingerprint density at radius 3 is 2.35 bits per heavy atom. The molecule has 1 N–H and O–H groups in total. The van der Waals surface area contributed by atoms with Gasteiger partial charge in [0.05, 0.1) is 12.7 Å². The third kappa shape index (κ3) is 2.56. The molecule has 0 aliphatic carbocycles. The van der Waals surface area contributed by atoms with E-state index >= 15 is 0 Å². The van der Waals surface area contributed by atoms with Crippen LogP contribution in [0, 0.1) is 0 Å². The lowest BCUT2D eigenvalue weighted by Crippen LogP contribution is -2.22. The fourth-order valence-corrected chi connectivity index (χ4v) is 2.24. The molecule has 94 valence electrons. The second kappa shape index (κ2) is 4.72. The van der Waals surface area contributed by atoms with Crippen molar-refractivity contribution in [3.05, 3.63) is 23.8 Å². The first kappa shape index (κ1) is 13.5. The van der Waals surface area contributed by atoms with E-state index in [-0.39, 0.29) is 16.2 Å². The van der Waals surface area contributed by atoms with Crippen LogP contribution in [0.1, 0.15) is 10.4 Å². The summed E-state index contributed by atoms with van der Waals surface area (Å²) in [5.74, 6) is -1.13. The van der Waals surface area contributed by atoms with Crippen molar-refractivity contribution in [1.29, 1.82) is 0 Å². The predicted octanol–water partition coefficient (Wildman–Crippen LogP) is 0.644. The largest absolute Gasteiger partial charge is 0.495 e. The fourth-order valence-electron chi connectivity index (χ4n) is 1.21. The molecular formula is C10H13NO5S. The molecule has 0 aliphatic rings. The first-order valence-corrected chi connectivity index (χ1v) is 6.08. The number of aromatic carboxylic acids is 1. The summed E-state index contributed by atoms with van der Waals surface area (Å²) in [7, 11) is 0.418. The normalized spacial score (nSPS) is 11.5. The number of sulfonamides is 1. The molecule has 7 heteroatoms. The third-order valence-electron chi connectivity index (χ3n) is 2.17. The van der Waals surface area contributed by atoms with Crippen LogP contribution in [0.15, 0.2) is 23.1 Å². The highest BCUT2D eigenvalue weighted by Crippen LogP contribution is 2.26. The Hall–Kier alpha value is -1.60. The van der Waals surface area contributed by atoms with Gasteiger partial charge in [0, 0.05) is 14.1 Å². The highest BCUT2D eigenvalue weighted by atomic mass is 32.2. The van der Waals surface area contributed by atoms with E-state index in [0.717, 1.165) is 4.31 Å². The Balaban J connectivity index is 3.42. The third-order valence-corrected chi connectivity index (χ3v) is 4.02. The number of carboxylic acid groups (broad SMARTS) is 1. The molecule has 0 unspecified atom stereocenters. The van der Waals surface area contributed by atoms with Crippen molar-refractivity contribution in [2.75, 3.05) is 21.2 Å². The minimum atomic E-state index is -3.65. The molecule has 1 rings (SSSR count). The van der Waals surface area contributed by atoms with Crippen molar-refractivity contribution in [1.82, 2.24) is 4.31 Å². The lowest BCUT2D eigenvalue weighted by molar-refractivity contribution is 0.0696. The number of carbonyl (C=O) groups is 1. The number of methoxy groups -OCH3 is 1. The summed E-state index contributed by atoms with van der Waals surface area (Å²) in [6, 6.07) is 3.62. The van der Waals surface area contributed by atoms with Crippen molar-refractivity contribution in [2.24, 2.45) is 0 Å². The van der Waals surface area contributed by atoms with Crippen LogP contribution in [0.25, 0.3) is 0 Å². The van der Waals surface area contributed by atoms with Crippen LogP contribution in [0.5, 0.6) is 5.75 Å². The first-order chi connectivity index (χ1) is 7.80. The van der Waals surface area contributed by atoms with E-state index in [4.69, 9.17) is 9.84 Å². The lowest BCUT2D eigenvalue weighted by atomic mass is 10.2. The molecule has 0 spiro atoms. The Bertz CT molecular complexity index is 536. The average molecular weight is 259 g/mol. The van der Waals surface area contributed by atoms with Crippen LogP contribution in [0.3, 0.4) is 0 Å². The summed E-state index contributed by atoms with van der Waals surface area (Å²) in [5, 5.41) is 8.79. The summed E-state index contributed by atoms with van der Waals surface area (Å²) >= 11 is 0. The molecule has 0 saturated heterocycles. The number of hydrogen-bond acceptors (Lipinski definition) is 4. The van der Waals surface area contributed by atoms with Crippen molar-refractivity contribution in [3.63, 3.8) is 0 Å². The Kier molecular flexibility index (Phi) is 3.74. The number of nitrogens with zero attached hydrogens (tertiary/aromatic N) is 1. The summed E-state index contributed by atoms with van der Waals surface area (Å²) in [4.78, 5) is 10.7. The van der Waals surface area contributed by atoms with Gasteiger partial charge in [-0.25, -0.2) is 17.5 Å². The molecule has 0 aliphatic heterocycles. The highest BCUT2D eigenvalue weighted by molar-refractivity contribution is 7.89. The van der Waals surface area contributed by atoms with Gasteiger partial charge in [-0.1, -0.05) is 0 Å². The Labute approximate surface area is 99.5 Å². The number of benzene rings is 1. The highest BCUT2D eigenvalue weighted by Gasteiger charge is 2.23. The van der Waals surface area contributed by atoms with Crippen molar-refractivity contribution in [2.45, 2.75) is 4.90 Å². The molecule has 0 aromatic heterocycles. The second-order valence-electron chi connectivity index (χ2n) is 3.46. The van der Waals surface area contributed by atoms with Gasteiger partial charge in [0.1, 0.15) is 10.6 Å². The maximum atomic E-state index is 11.9. The summed E-state index contributed by atoms with van der Waals surface area (Å²) in [6.07, 6.45) is 0. The average Bonchev–Trinajstić information content (AvgIpc) is 2.27. The SMILES string of the molecule is COc1cc(C(=O)O)ccc1S(=O)(=O)N(C)C. The minimum Gasteiger partial charge on any atom is -0.495 e. The molecule has 0 fully saturated rings. The van der Waals surface area contributed by atoms with Crippen molar-refractivity contribution < 1.29 is 23.1 Å². The number of ether oxygens (including phenoxy) is 1. The first-order valence-electron chi connectivity index (χ1n) is 4.64. The fraction of sp³-hybridized carbons (Fsp3) is 0.300. The van der Waals surface area contributed by atoms with Gasteiger partial charge in [-0.3, -0.25) is 0 Å². The van der Waals surface area contributed by atoms with E-state index in [0.29, 0.717) is 0 Å². The van der Waals surface area contributed by atoms with E-state index in [1.165, 1.54) is 39.4 Å². The zero-order valence-electron chi connectivity index (χ0n) is 9.67. The van der Waals surface area contributed by atoms with Crippen LogP contribution in [-0.2, 0) is 10.0 Å². The minimum absolute atomic E-state index is 0.0126. The maximum Gasteiger partial charge on any atom is 0.335 e. The molecule has 1 aromatic rings. The lowest BCUT2D eigenvalue weighted by Gasteiger charge is -2.14. The molecule has 0 bridgehead atoms. The second-order valence-corrected chi connectivity index (χ2v) is 5.58. The van der Waals surface area contributed by atoms with E-state index in [1.54, 1.807) is 0 Å². The van der Waals surface area contributed by atoms with E-state index in [1.807, 2.05) is 0 Å². The topological polar surface area (TPSA) is 83.9 Å². The van der Waals surface area contributed by atoms with Gasteiger partial charge >= 0.3 is 5.97 Å². The zero-order valence-corrected chi connectivity index (χ0v) is 10.5. The molecule has 0 saturated carbocycles. The molecule has 0 amide bonds. The predicted molar refractivity (Wildman–Crippen MR) is 60.8 cm³/mol. The van der Waals surface area contributed by atoms with Crippen molar-refractivity contribution >= 4 is 16.0 Å². The van der Waals surface area contributed by atoms with E-state index in [2.05, 4.69) is 0 Å². The molecule has 0 atom stereocenters. The monoisotopic (exact) mass is 259 g/mol. The molecule has 6 nitrogen and oxygen atoms in total. The smallest absolute Gasteiger partial charge is 0.335 e. The van der Waals surface area contributed by atoms with Gasteiger partial charge < -0.3 is 9.84 Å². The molecule has 0 radical (unpaired) electrons. The van der Waals surface area contributed by atoms with Gasteiger partial charge in [0.15, 0.2) is 0 Å². The van der Waals surface area contributed by atoms with Gasteiger partial charge in [-0.2, -0.15) is 0 Å². The zero-order chi connectivity index (χ0) is 13.2. The van der Waals surface area contributed by atoms with Gasteiger partial charge in [0.25, 0.3) is 0 Å². The standard InChI is InChI=1S/C10H13NO5S/c1-11(2)17(14,15)9-5-4-7(10(12)13)6-8(9)16-3/h4-6H,1-3H3,(H,12,13). The number of carboxylic acids is 1. The van der Waals surface area contributed by atoms with Crippen LogP contribution < -0.4 is 4.74 Å². The van der Waals surface area contributed by atoms with Crippen LogP contribution >= 0.6 is 0 Å². The van der Waals surface area contributed by atoms with E-state index in [9.17, 15) is 13.2 Å². The summed E-state index contributed by atoms with van der Waals surface area (Å²) in [5.41, 5.74) is -0.0282. The van der Waals surface area contributed by atoms with E-state index < -0.39 is 16.0 Å².